The summed E-state index contributed by atoms with van der Waals surface area (Å²) >= 11 is 3.54. The standard InChI is InChI=1S/C15H16BrN3/c1-10(2)12-4-6-13(7-5-12)19-15(16)14(8-9-17)11(3)18-19/h4-7,10H,8H2,1-3H3. The lowest BCUT2D eigenvalue weighted by Crippen LogP contribution is -1.98. The highest BCUT2D eigenvalue weighted by atomic mass is 79.9. The van der Waals surface area contributed by atoms with E-state index in [2.05, 4.69) is 65.2 Å². The second kappa shape index (κ2) is 5.58. The third kappa shape index (κ3) is 2.71. The van der Waals surface area contributed by atoms with Crippen molar-refractivity contribution in [3.05, 3.63) is 45.7 Å². The summed E-state index contributed by atoms with van der Waals surface area (Å²) in [5.41, 5.74) is 4.15. The monoisotopic (exact) mass is 317 g/mol. The lowest BCUT2D eigenvalue weighted by atomic mass is 10.0. The van der Waals surface area contributed by atoms with Crippen molar-refractivity contribution < 1.29 is 0 Å². The zero-order chi connectivity index (χ0) is 14.0. The minimum atomic E-state index is 0.372. The molecule has 1 heterocycles. The normalized spacial score (nSPS) is 10.7. The van der Waals surface area contributed by atoms with Gasteiger partial charge in [-0.25, -0.2) is 4.68 Å². The average Bonchev–Trinajstić information content (AvgIpc) is 2.67. The minimum Gasteiger partial charge on any atom is -0.226 e. The first-order valence-electron chi connectivity index (χ1n) is 6.26. The molecule has 19 heavy (non-hydrogen) atoms. The van der Waals surface area contributed by atoms with Crippen LogP contribution in [0.4, 0.5) is 0 Å². The molecule has 4 heteroatoms. The van der Waals surface area contributed by atoms with Gasteiger partial charge in [-0.3, -0.25) is 0 Å². The Balaban J connectivity index is 2.42. The van der Waals surface area contributed by atoms with Gasteiger partial charge < -0.3 is 0 Å². The molecule has 0 aliphatic carbocycles. The Hall–Kier alpha value is -1.60. The van der Waals surface area contributed by atoms with Gasteiger partial charge in [-0.2, -0.15) is 10.4 Å². The van der Waals surface area contributed by atoms with E-state index in [9.17, 15) is 0 Å². The third-order valence-corrected chi connectivity index (χ3v) is 4.00. The Labute approximate surface area is 122 Å². The van der Waals surface area contributed by atoms with Crippen molar-refractivity contribution in [2.24, 2.45) is 0 Å². The van der Waals surface area contributed by atoms with Crippen LogP contribution in [0.1, 0.15) is 36.6 Å². The molecule has 0 saturated carbocycles. The van der Waals surface area contributed by atoms with Crippen molar-refractivity contribution in [2.45, 2.75) is 33.1 Å². The van der Waals surface area contributed by atoms with E-state index in [4.69, 9.17) is 5.26 Å². The highest BCUT2D eigenvalue weighted by Crippen LogP contribution is 2.25. The maximum atomic E-state index is 8.84. The van der Waals surface area contributed by atoms with E-state index in [0.717, 1.165) is 21.5 Å². The van der Waals surface area contributed by atoms with Crippen LogP contribution in [0.15, 0.2) is 28.9 Å². The number of aryl methyl sites for hydroxylation is 1. The van der Waals surface area contributed by atoms with Gasteiger partial charge in [-0.05, 0) is 46.5 Å². The van der Waals surface area contributed by atoms with Crippen LogP contribution < -0.4 is 0 Å². The quantitative estimate of drug-likeness (QED) is 0.854. The molecule has 0 spiro atoms. The summed E-state index contributed by atoms with van der Waals surface area (Å²) in [5, 5.41) is 13.3. The van der Waals surface area contributed by atoms with E-state index in [1.807, 2.05) is 11.6 Å². The smallest absolute Gasteiger partial charge is 0.114 e. The van der Waals surface area contributed by atoms with E-state index < -0.39 is 0 Å². The van der Waals surface area contributed by atoms with Crippen LogP contribution in [0.25, 0.3) is 5.69 Å². The number of nitrogens with zero attached hydrogens (tertiary/aromatic N) is 3. The number of hydrogen-bond donors (Lipinski definition) is 0. The van der Waals surface area contributed by atoms with Crippen molar-refractivity contribution in [2.75, 3.05) is 0 Å². The number of benzene rings is 1. The van der Waals surface area contributed by atoms with E-state index in [1.54, 1.807) is 0 Å². The molecule has 2 aromatic rings. The Morgan fingerprint density at radius 3 is 2.47 bits per heavy atom. The molecule has 0 radical (unpaired) electrons. The van der Waals surface area contributed by atoms with Crippen LogP contribution in [-0.4, -0.2) is 9.78 Å². The number of hydrogen-bond acceptors (Lipinski definition) is 2. The maximum Gasteiger partial charge on any atom is 0.114 e. The van der Waals surface area contributed by atoms with Crippen molar-refractivity contribution >= 4 is 15.9 Å². The second-order valence-corrected chi connectivity index (χ2v) is 5.60. The van der Waals surface area contributed by atoms with Crippen molar-refractivity contribution in [3.63, 3.8) is 0 Å². The molecule has 0 aliphatic rings. The molecule has 98 valence electrons. The van der Waals surface area contributed by atoms with Gasteiger partial charge in [-0.1, -0.05) is 26.0 Å². The fourth-order valence-corrected chi connectivity index (χ4v) is 2.69. The highest BCUT2D eigenvalue weighted by molar-refractivity contribution is 9.10. The van der Waals surface area contributed by atoms with E-state index in [-0.39, 0.29) is 0 Å². The summed E-state index contributed by atoms with van der Waals surface area (Å²) in [6.45, 7) is 6.28. The van der Waals surface area contributed by atoms with Crippen LogP contribution in [0, 0.1) is 18.3 Å². The fraction of sp³-hybridized carbons (Fsp3) is 0.333. The number of nitriles is 1. The molecule has 0 aliphatic heterocycles. The number of rotatable bonds is 3. The van der Waals surface area contributed by atoms with E-state index >= 15 is 0 Å². The van der Waals surface area contributed by atoms with Gasteiger partial charge in [0.05, 0.1) is 23.9 Å². The summed E-state index contributed by atoms with van der Waals surface area (Å²) in [6, 6.07) is 10.5. The molecule has 1 aromatic heterocycles. The summed E-state index contributed by atoms with van der Waals surface area (Å²) in [4.78, 5) is 0. The first-order valence-corrected chi connectivity index (χ1v) is 7.05. The SMILES string of the molecule is Cc1nn(-c2ccc(C(C)C)cc2)c(Br)c1CC#N. The van der Waals surface area contributed by atoms with Crippen LogP contribution in [0.3, 0.4) is 0 Å². The average molecular weight is 318 g/mol. The molecule has 0 unspecified atom stereocenters. The molecule has 0 bridgehead atoms. The van der Waals surface area contributed by atoms with Gasteiger partial charge in [0.1, 0.15) is 4.60 Å². The Morgan fingerprint density at radius 2 is 1.95 bits per heavy atom. The Morgan fingerprint density at radius 1 is 1.32 bits per heavy atom. The topological polar surface area (TPSA) is 41.6 Å². The summed E-state index contributed by atoms with van der Waals surface area (Å²) < 4.78 is 2.70. The first-order chi connectivity index (χ1) is 9.04. The molecule has 2 rings (SSSR count). The maximum absolute atomic E-state index is 8.84. The highest BCUT2D eigenvalue weighted by Gasteiger charge is 2.13. The lowest BCUT2D eigenvalue weighted by molar-refractivity contribution is 0.835. The molecule has 0 amide bonds. The zero-order valence-electron chi connectivity index (χ0n) is 11.3. The summed E-state index contributed by atoms with van der Waals surface area (Å²) in [7, 11) is 0. The van der Waals surface area contributed by atoms with E-state index in [1.165, 1.54) is 5.56 Å². The molecule has 0 saturated heterocycles. The molecular formula is C15H16BrN3. The van der Waals surface area contributed by atoms with E-state index in [0.29, 0.717) is 12.3 Å². The van der Waals surface area contributed by atoms with Gasteiger partial charge in [0.25, 0.3) is 0 Å². The zero-order valence-corrected chi connectivity index (χ0v) is 12.9. The second-order valence-electron chi connectivity index (χ2n) is 4.85. The number of aromatic nitrogens is 2. The van der Waals surface area contributed by atoms with Crippen molar-refractivity contribution in [1.82, 2.24) is 9.78 Å². The van der Waals surface area contributed by atoms with Gasteiger partial charge >= 0.3 is 0 Å². The largest absolute Gasteiger partial charge is 0.226 e. The van der Waals surface area contributed by atoms with Gasteiger partial charge in [0.2, 0.25) is 0 Å². The fourth-order valence-electron chi connectivity index (χ4n) is 1.98. The molecule has 0 atom stereocenters. The van der Waals surface area contributed by atoms with Crippen molar-refractivity contribution in [1.29, 1.82) is 5.26 Å². The van der Waals surface area contributed by atoms with Gasteiger partial charge in [-0.15, -0.1) is 0 Å². The summed E-state index contributed by atoms with van der Waals surface area (Å²) in [6.07, 6.45) is 0.372. The lowest BCUT2D eigenvalue weighted by Gasteiger charge is -2.08. The van der Waals surface area contributed by atoms with Gasteiger partial charge in [0.15, 0.2) is 0 Å². The summed E-state index contributed by atoms with van der Waals surface area (Å²) in [5.74, 6) is 0.519. The van der Waals surface area contributed by atoms with Crippen LogP contribution in [0.2, 0.25) is 0 Å². The first kappa shape index (κ1) is 13.8. The van der Waals surface area contributed by atoms with Crippen LogP contribution in [0.5, 0.6) is 0 Å². The molecule has 0 fully saturated rings. The molecule has 1 aromatic carbocycles. The van der Waals surface area contributed by atoms with Crippen LogP contribution in [-0.2, 0) is 6.42 Å². The van der Waals surface area contributed by atoms with Gasteiger partial charge in [0, 0.05) is 5.56 Å². The van der Waals surface area contributed by atoms with Crippen LogP contribution >= 0.6 is 15.9 Å². The third-order valence-electron chi connectivity index (χ3n) is 3.18. The predicted octanol–water partition coefficient (Wildman–Crippen LogP) is 4.13. The minimum absolute atomic E-state index is 0.372. The molecule has 0 N–H and O–H groups in total. The molecular weight excluding hydrogens is 302 g/mol. The Bertz CT molecular complexity index is 618. The molecule has 3 nitrogen and oxygen atoms in total. The predicted molar refractivity (Wildman–Crippen MR) is 79.4 cm³/mol. The Kier molecular flexibility index (Phi) is 4.06. The van der Waals surface area contributed by atoms with Crippen molar-refractivity contribution in [3.8, 4) is 11.8 Å². The number of halogens is 1.